The highest BCUT2D eigenvalue weighted by molar-refractivity contribution is 7.99. The Hall–Kier alpha value is -1.94. The molecule has 0 bridgehead atoms. The van der Waals surface area contributed by atoms with Crippen molar-refractivity contribution >= 4 is 46.6 Å². The molecule has 0 aromatic heterocycles. The van der Waals surface area contributed by atoms with Crippen LogP contribution in [0.3, 0.4) is 0 Å². The maximum absolute atomic E-state index is 13.1. The molecule has 0 spiro atoms. The van der Waals surface area contributed by atoms with Crippen LogP contribution in [0.5, 0.6) is 0 Å². The van der Waals surface area contributed by atoms with Crippen molar-refractivity contribution in [2.24, 2.45) is 0 Å². The molecule has 2 unspecified atom stereocenters. The second kappa shape index (κ2) is 6.55. The van der Waals surface area contributed by atoms with Crippen molar-refractivity contribution < 1.29 is 4.79 Å². The number of nitrogens with zero attached hydrogens (tertiary/aromatic N) is 1. The zero-order valence-corrected chi connectivity index (χ0v) is 17.2. The first-order chi connectivity index (χ1) is 13.6. The molecule has 2 heterocycles. The number of carbonyl (C=O) groups is 1. The minimum Gasteiger partial charge on any atom is -0.295 e. The molecule has 2 atom stereocenters. The molecule has 2 aliphatic heterocycles. The normalized spacial score (nSPS) is 25.3. The lowest BCUT2D eigenvalue weighted by Gasteiger charge is -2.59. The number of thioether (sulfide) groups is 1. The van der Waals surface area contributed by atoms with E-state index in [0.29, 0.717) is 6.42 Å². The maximum Gasteiger partial charge on any atom is 0.267 e. The SMILES string of the molecule is O=C1N2c3ccccc3SC(c3ccccc3)CC2(c2ccccc2)C1(Cl)Cl. The van der Waals surface area contributed by atoms with Crippen LogP contribution in [0.4, 0.5) is 5.69 Å². The van der Waals surface area contributed by atoms with Gasteiger partial charge in [-0.25, -0.2) is 0 Å². The summed E-state index contributed by atoms with van der Waals surface area (Å²) in [5.41, 5.74) is 2.20. The fourth-order valence-corrected chi connectivity index (χ4v) is 6.39. The van der Waals surface area contributed by atoms with E-state index in [1.165, 1.54) is 5.56 Å². The number of para-hydroxylation sites is 1. The lowest BCUT2D eigenvalue weighted by molar-refractivity contribution is -0.129. The summed E-state index contributed by atoms with van der Waals surface area (Å²) >= 11 is 15.3. The first-order valence-corrected chi connectivity index (χ1v) is 10.8. The van der Waals surface area contributed by atoms with E-state index >= 15 is 0 Å². The van der Waals surface area contributed by atoms with Gasteiger partial charge in [-0.2, -0.15) is 0 Å². The number of benzene rings is 3. The van der Waals surface area contributed by atoms with Crippen LogP contribution in [0, 0.1) is 0 Å². The van der Waals surface area contributed by atoms with Crippen LogP contribution in [0.25, 0.3) is 0 Å². The van der Waals surface area contributed by atoms with Gasteiger partial charge in [0.2, 0.25) is 4.33 Å². The molecule has 0 saturated carbocycles. The third-order valence-corrected chi connectivity index (χ3v) is 7.92. The Morgan fingerprint density at radius 3 is 2.18 bits per heavy atom. The smallest absolute Gasteiger partial charge is 0.267 e. The quantitative estimate of drug-likeness (QED) is 0.352. The fourth-order valence-electron chi connectivity index (χ4n) is 4.31. The van der Waals surface area contributed by atoms with E-state index in [1.807, 2.05) is 71.6 Å². The average molecular weight is 426 g/mol. The molecule has 28 heavy (non-hydrogen) atoms. The number of rotatable bonds is 2. The van der Waals surface area contributed by atoms with E-state index < -0.39 is 9.87 Å². The van der Waals surface area contributed by atoms with Crippen LogP contribution in [0.1, 0.15) is 22.8 Å². The summed E-state index contributed by atoms with van der Waals surface area (Å²) in [4.78, 5) is 16.0. The van der Waals surface area contributed by atoms with Gasteiger partial charge in [0.15, 0.2) is 0 Å². The zero-order chi connectivity index (χ0) is 19.4. The van der Waals surface area contributed by atoms with Crippen LogP contribution < -0.4 is 4.90 Å². The number of hydrogen-bond donors (Lipinski definition) is 0. The predicted octanol–water partition coefficient (Wildman–Crippen LogP) is 6.34. The first-order valence-electron chi connectivity index (χ1n) is 9.14. The van der Waals surface area contributed by atoms with E-state index in [-0.39, 0.29) is 11.2 Å². The highest BCUT2D eigenvalue weighted by Crippen LogP contribution is 2.65. The molecule has 3 aromatic carbocycles. The summed E-state index contributed by atoms with van der Waals surface area (Å²) in [7, 11) is 0. The molecular weight excluding hydrogens is 409 g/mol. The van der Waals surface area contributed by atoms with Gasteiger partial charge in [-0.3, -0.25) is 9.69 Å². The number of anilines is 1. The van der Waals surface area contributed by atoms with Gasteiger partial charge in [0, 0.05) is 10.1 Å². The predicted molar refractivity (Wildman–Crippen MR) is 116 cm³/mol. The Morgan fingerprint density at radius 2 is 1.46 bits per heavy atom. The molecule has 0 N–H and O–H groups in total. The number of fused-ring (bicyclic) bond motifs is 3. The Morgan fingerprint density at radius 1 is 0.857 bits per heavy atom. The van der Waals surface area contributed by atoms with Gasteiger partial charge in [-0.15, -0.1) is 11.8 Å². The number of halogens is 2. The lowest BCUT2D eigenvalue weighted by Crippen LogP contribution is -2.76. The second-order valence-corrected chi connectivity index (χ2v) is 9.70. The molecular formula is C23H17Cl2NOS. The van der Waals surface area contributed by atoms with Gasteiger partial charge in [-0.1, -0.05) is 96.0 Å². The van der Waals surface area contributed by atoms with Gasteiger partial charge >= 0.3 is 0 Å². The maximum atomic E-state index is 13.1. The molecule has 1 fully saturated rings. The minimum absolute atomic E-state index is 0.109. The first kappa shape index (κ1) is 18.1. The molecule has 2 aliphatic rings. The fraction of sp³-hybridized carbons (Fsp3) is 0.174. The molecule has 3 aromatic rings. The van der Waals surface area contributed by atoms with Crippen molar-refractivity contribution in [3.63, 3.8) is 0 Å². The lowest BCUT2D eigenvalue weighted by atomic mass is 9.72. The molecule has 1 amide bonds. The van der Waals surface area contributed by atoms with E-state index in [2.05, 4.69) is 18.2 Å². The van der Waals surface area contributed by atoms with E-state index in [0.717, 1.165) is 16.1 Å². The molecule has 0 aliphatic carbocycles. The second-order valence-electron chi connectivity index (χ2n) is 7.13. The Balaban J connectivity index is 1.77. The van der Waals surface area contributed by atoms with Gasteiger partial charge in [0.25, 0.3) is 5.91 Å². The average Bonchev–Trinajstić information content (AvgIpc) is 2.89. The van der Waals surface area contributed by atoms with Crippen molar-refractivity contribution in [1.82, 2.24) is 0 Å². The molecule has 2 nitrogen and oxygen atoms in total. The number of alkyl halides is 2. The highest BCUT2D eigenvalue weighted by Gasteiger charge is 2.72. The minimum atomic E-state index is -1.51. The molecule has 140 valence electrons. The van der Waals surface area contributed by atoms with Crippen LogP contribution in [0.15, 0.2) is 89.8 Å². The van der Waals surface area contributed by atoms with Crippen molar-refractivity contribution in [3.8, 4) is 0 Å². The van der Waals surface area contributed by atoms with Gasteiger partial charge in [0.1, 0.15) is 5.54 Å². The monoisotopic (exact) mass is 425 g/mol. The Kier molecular flexibility index (Phi) is 4.24. The number of hydrogen-bond acceptors (Lipinski definition) is 2. The van der Waals surface area contributed by atoms with Gasteiger partial charge in [-0.05, 0) is 29.7 Å². The topological polar surface area (TPSA) is 20.3 Å². The van der Waals surface area contributed by atoms with Crippen LogP contribution >= 0.6 is 35.0 Å². The summed E-state index contributed by atoms with van der Waals surface area (Å²) in [6, 6.07) is 28.3. The molecule has 1 saturated heterocycles. The molecule has 5 heteroatoms. The number of amides is 1. The summed E-state index contributed by atoms with van der Waals surface area (Å²) in [5, 5.41) is 0.109. The summed E-state index contributed by atoms with van der Waals surface area (Å²) in [6.45, 7) is 0. The zero-order valence-electron chi connectivity index (χ0n) is 14.9. The van der Waals surface area contributed by atoms with Crippen LogP contribution in [-0.4, -0.2) is 10.2 Å². The van der Waals surface area contributed by atoms with E-state index in [9.17, 15) is 4.79 Å². The largest absolute Gasteiger partial charge is 0.295 e. The number of β-lactam (4-membered cyclic amide) rings is 1. The van der Waals surface area contributed by atoms with Crippen molar-refractivity contribution in [1.29, 1.82) is 0 Å². The third kappa shape index (κ3) is 2.40. The van der Waals surface area contributed by atoms with Crippen LogP contribution in [-0.2, 0) is 10.3 Å². The Bertz CT molecular complexity index is 1040. The van der Waals surface area contributed by atoms with Crippen molar-refractivity contribution in [2.45, 2.75) is 26.4 Å². The van der Waals surface area contributed by atoms with Crippen molar-refractivity contribution in [3.05, 3.63) is 96.1 Å². The summed E-state index contributed by atoms with van der Waals surface area (Å²) < 4.78 is -1.51. The third-order valence-electron chi connectivity index (χ3n) is 5.65. The van der Waals surface area contributed by atoms with Crippen LogP contribution in [0.2, 0.25) is 0 Å². The summed E-state index contributed by atoms with van der Waals surface area (Å²) in [5.74, 6) is -0.263. The molecule has 5 rings (SSSR count). The van der Waals surface area contributed by atoms with Gasteiger partial charge < -0.3 is 0 Å². The van der Waals surface area contributed by atoms with Crippen molar-refractivity contribution in [2.75, 3.05) is 4.90 Å². The Labute approximate surface area is 178 Å². The number of carbonyl (C=O) groups excluding carboxylic acids is 1. The highest BCUT2D eigenvalue weighted by atomic mass is 35.5. The molecule has 0 radical (unpaired) electrons. The van der Waals surface area contributed by atoms with E-state index in [1.54, 1.807) is 11.8 Å². The summed E-state index contributed by atoms with van der Waals surface area (Å²) in [6.07, 6.45) is 0.624. The van der Waals surface area contributed by atoms with Gasteiger partial charge in [0.05, 0.1) is 5.69 Å². The van der Waals surface area contributed by atoms with E-state index in [4.69, 9.17) is 23.2 Å². The standard InChI is InChI=1S/C23H17Cl2NOS/c24-23(25)21(27)26-18-13-7-8-14-19(18)28-20(16-9-3-1-4-10-16)15-22(23,26)17-11-5-2-6-12-17/h1-14,20H,15H2.